The molecule has 1 amide bonds. The Labute approximate surface area is 236 Å². The van der Waals surface area contributed by atoms with E-state index in [0.29, 0.717) is 11.0 Å². The second kappa shape index (κ2) is 11.9. The number of esters is 1. The molecular formula is C28H34BrF3N4O3. The Hall–Kier alpha value is -2.53. The highest BCUT2D eigenvalue weighted by Crippen LogP contribution is 2.42. The molecule has 1 atom stereocenters. The maximum Gasteiger partial charge on any atom is 0.435 e. The number of benzene rings is 1. The number of piperidine rings is 3. The van der Waals surface area contributed by atoms with E-state index in [-0.39, 0.29) is 53.2 Å². The lowest BCUT2D eigenvalue weighted by molar-refractivity contribution is -0.939. The van der Waals surface area contributed by atoms with Gasteiger partial charge in [0, 0.05) is 18.8 Å². The van der Waals surface area contributed by atoms with Crippen molar-refractivity contribution in [1.29, 1.82) is 0 Å². The smallest absolute Gasteiger partial charge is 0.435 e. The van der Waals surface area contributed by atoms with Crippen LogP contribution in [0.15, 0.2) is 42.5 Å². The van der Waals surface area contributed by atoms with Crippen molar-refractivity contribution in [3.05, 3.63) is 53.7 Å². The molecule has 6 rings (SSSR count). The van der Waals surface area contributed by atoms with E-state index in [2.05, 4.69) is 15.5 Å². The number of ether oxygens (including phenoxy) is 1. The van der Waals surface area contributed by atoms with Gasteiger partial charge in [-0.05, 0) is 30.5 Å². The van der Waals surface area contributed by atoms with Crippen molar-refractivity contribution < 1.29 is 49.0 Å². The van der Waals surface area contributed by atoms with Gasteiger partial charge in [0.05, 0.1) is 18.5 Å². The van der Waals surface area contributed by atoms with Crippen LogP contribution in [0.1, 0.15) is 62.6 Å². The molecule has 3 aliphatic heterocycles. The van der Waals surface area contributed by atoms with Gasteiger partial charge in [0.2, 0.25) is 0 Å². The number of rotatable bonds is 6. The maximum absolute atomic E-state index is 13.9. The molecular weight excluding hydrogens is 577 g/mol. The number of halogens is 4. The van der Waals surface area contributed by atoms with E-state index in [4.69, 9.17) is 4.74 Å². The number of fused-ring (bicyclic) bond motifs is 3. The Kier molecular flexibility index (Phi) is 9.00. The van der Waals surface area contributed by atoms with Crippen molar-refractivity contribution in [2.75, 3.05) is 31.5 Å². The number of carbonyl (C=O) groups excluding carboxylic acids is 2. The number of nitrogens with one attached hydrogen (secondary N) is 1. The zero-order chi connectivity index (χ0) is 26.8. The molecule has 2 bridgehead atoms. The monoisotopic (exact) mass is 610 g/mol. The number of carbonyl (C=O) groups is 2. The highest BCUT2D eigenvalue weighted by molar-refractivity contribution is 5.90. The summed E-state index contributed by atoms with van der Waals surface area (Å²) >= 11 is 0. The minimum Gasteiger partial charge on any atom is -1.00 e. The molecule has 3 saturated heterocycles. The molecule has 7 nitrogen and oxygen atoms in total. The first-order valence-electron chi connectivity index (χ1n) is 13.5. The second-order valence-electron chi connectivity index (χ2n) is 11.1. The predicted octanol–water partition coefficient (Wildman–Crippen LogP) is 1.88. The van der Waals surface area contributed by atoms with Crippen molar-refractivity contribution in [3.8, 4) is 0 Å². The molecule has 4 fully saturated rings. The molecule has 0 radical (unpaired) electrons. The molecule has 1 saturated carbocycles. The average Bonchev–Trinajstić information content (AvgIpc) is 3.17. The van der Waals surface area contributed by atoms with Crippen molar-refractivity contribution >= 4 is 17.7 Å². The summed E-state index contributed by atoms with van der Waals surface area (Å²) < 4.78 is 45.1. The van der Waals surface area contributed by atoms with Gasteiger partial charge in [0.25, 0.3) is 5.91 Å². The first-order chi connectivity index (χ1) is 18.2. The fourth-order valence-electron chi connectivity index (χ4n) is 6.56. The lowest BCUT2D eigenvalue weighted by Crippen LogP contribution is -3.00. The SMILES string of the molecule is O=C(C[N+]12CCC(CC1)C(OC(=O)C1(c3ccccc3)CCCCCC1)C2)Nc1ccc(C(F)(F)F)nn1.[Br-]. The van der Waals surface area contributed by atoms with Crippen LogP contribution < -0.4 is 22.3 Å². The fraction of sp³-hybridized carbons (Fsp3) is 0.571. The van der Waals surface area contributed by atoms with Gasteiger partial charge in [-0.15, -0.1) is 10.2 Å². The van der Waals surface area contributed by atoms with E-state index in [9.17, 15) is 22.8 Å². The standard InChI is InChI=1S/C28H33F3N4O3.BrH/c29-28(30,31)23-10-11-24(34-33-23)32-25(36)19-35-16-12-20(13-17-35)22(18-35)38-26(37)27(14-6-1-2-7-15-27)21-8-4-3-5-9-21;/h3-5,8-11,20,22H,1-2,6-7,12-19H2;1H. The molecule has 39 heavy (non-hydrogen) atoms. The van der Waals surface area contributed by atoms with E-state index in [1.807, 2.05) is 30.3 Å². The summed E-state index contributed by atoms with van der Waals surface area (Å²) in [6.07, 6.45) is 2.66. The first kappa shape index (κ1) is 29.5. The Morgan fingerprint density at radius 3 is 2.23 bits per heavy atom. The number of hydrogen-bond acceptors (Lipinski definition) is 5. The topological polar surface area (TPSA) is 81.2 Å². The van der Waals surface area contributed by atoms with Crippen LogP contribution in [0, 0.1) is 5.92 Å². The Morgan fingerprint density at radius 1 is 0.974 bits per heavy atom. The number of aromatic nitrogens is 2. The number of anilines is 1. The molecule has 212 valence electrons. The van der Waals surface area contributed by atoms with E-state index >= 15 is 0 Å². The van der Waals surface area contributed by atoms with Crippen LogP contribution in [0.4, 0.5) is 19.0 Å². The highest BCUT2D eigenvalue weighted by atomic mass is 79.9. The van der Waals surface area contributed by atoms with Gasteiger partial charge in [0.1, 0.15) is 6.54 Å². The number of hydrogen-bond donors (Lipinski definition) is 1. The summed E-state index contributed by atoms with van der Waals surface area (Å²) in [5.41, 5.74) is -0.719. The highest BCUT2D eigenvalue weighted by Gasteiger charge is 2.51. The van der Waals surface area contributed by atoms with E-state index in [1.165, 1.54) is 0 Å². The first-order valence-corrected chi connectivity index (χ1v) is 13.5. The fourth-order valence-corrected chi connectivity index (χ4v) is 6.56. The summed E-state index contributed by atoms with van der Waals surface area (Å²) in [6, 6.07) is 11.9. The van der Waals surface area contributed by atoms with Gasteiger partial charge in [0.15, 0.2) is 24.2 Å². The number of quaternary nitrogens is 1. The lowest BCUT2D eigenvalue weighted by Gasteiger charge is -2.52. The molecule has 1 aromatic carbocycles. The molecule has 4 heterocycles. The Bertz CT molecular complexity index is 1130. The third-order valence-corrected chi connectivity index (χ3v) is 8.68. The predicted molar refractivity (Wildman–Crippen MR) is 134 cm³/mol. The molecule has 2 aromatic rings. The van der Waals surface area contributed by atoms with Crippen molar-refractivity contribution in [2.45, 2.75) is 69.1 Å². The number of alkyl halides is 3. The number of amides is 1. The van der Waals surface area contributed by atoms with Crippen molar-refractivity contribution in [2.24, 2.45) is 5.92 Å². The average molecular weight is 612 g/mol. The zero-order valence-corrected chi connectivity index (χ0v) is 23.3. The zero-order valence-electron chi connectivity index (χ0n) is 21.8. The van der Waals surface area contributed by atoms with Crippen LogP contribution in [-0.4, -0.2) is 58.8 Å². The molecule has 1 unspecified atom stereocenters. The van der Waals surface area contributed by atoms with Crippen LogP contribution in [0.3, 0.4) is 0 Å². The minimum absolute atomic E-state index is 0. The Morgan fingerprint density at radius 2 is 1.64 bits per heavy atom. The van der Waals surface area contributed by atoms with Crippen LogP contribution in [0.5, 0.6) is 0 Å². The van der Waals surface area contributed by atoms with Gasteiger partial charge in [-0.1, -0.05) is 56.0 Å². The molecule has 11 heteroatoms. The molecule has 1 aromatic heterocycles. The minimum atomic E-state index is -4.59. The quantitative estimate of drug-likeness (QED) is 0.307. The van der Waals surface area contributed by atoms with Gasteiger partial charge >= 0.3 is 12.1 Å². The number of nitrogens with zero attached hydrogens (tertiary/aromatic N) is 3. The molecule has 1 aliphatic carbocycles. The van der Waals surface area contributed by atoms with Crippen molar-refractivity contribution in [1.82, 2.24) is 10.2 Å². The third kappa shape index (κ3) is 6.45. The Balaban J connectivity index is 0.00000353. The molecule has 1 N–H and O–H groups in total. The van der Waals surface area contributed by atoms with Gasteiger partial charge < -0.3 is 31.5 Å². The van der Waals surface area contributed by atoms with Gasteiger partial charge in [-0.25, -0.2) is 0 Å². The summed E-state index contributed by atoms with van der Waals surface area (Å²) in [5, 5.41) is 9.26. The molecule has 4 aliphatic rings. The van der Waals surface area contributed by atoms with Crippen LogP contribution in [0.2, 0.25) is 0 Å². The largest absolute Gasteiger partial charge is 1.00 e. The van der Waals surface area contributed by atoms with E-state index < -0.39 is 17.3 Å². The van der Waals surface area contributed by atoms with E-state index in [0.717, 1.165) is 82.2 Å². The summed E-state index contributed by atoms with van der Waals surface area (Å²) in [5.74, 6) is -0.225. The normalized spacial score (nSPS) is 26.1. The third-order valence-electron chi connectivity index (χ3n) is 8.68. The lowest BCUT2D eigenvalue weighted by atomic mass is 9.74. The van der Waals surface area contributed by atoms with Gasteiger partial charge in [-0.3, -0.25) is 9.59 Å². The van der Waals surface area contributed by atoms with Crippen LogP contribution in [-0.2, 0) is 25.9 Å². The maximum atomic E-state index is 13.9. The van der Waals surface area contributed by atoms with Gasteiger partial charge in [-0.2, -0.15) is 13.2 Å². The summed E-state index contributed by atoms with van der Waals surface area (Å²) in [7, 11) is 0. The summed E-state index contributed by atoms with van der Waals surface area (Å²) in [4.78, 5) is 26.7. The second-order valence-corrected chi connectivity index (χ2v) is 11.1. The van der Waals surface area contributed by atoms with Crippen molar-refractivity contribution in [3.63, 3.8) is 0 Å². The summed E-state index contributed by atoms with van der Waals surface area (Å²) in [6.45, 7) is 2.31. The van der Waals surface area contributed by atoms with Crippen LogP contribution in [0.25, 0.3) is 0 Å². The molecule has 0 spiro atoms. The van der Waals surface area contributed by atoms with E-state index in [1.54, 1.807) is 0 Å². The van der Waals surface area contributed by atoms with Crippen LogP contribution >= 0.6 is 0 Å².